The first-order chi connectivity index (χ1) is 18.4. The van der Waals surface area contributed by atoms with Crippen LogP contribution in [0.25, 0.3) is 0 Å². The molecule has 1 unspecified atom stereocenters. The van der Waals surface area contributed by atoms with Gasteiger partial charge in [0.15, 0.2) is 11.5 Å². The summed E-state index contributed by atoms with van der Waals surface area (Å²) < 4.78 is 10.7. The summed E-state index contributed by atoms with van der Waals surface area (Å²) >= 11 is 6.10. The van der Waals surface area contributed by atoms with Gasteiger partial charge in [-0.3, -0.25) is 9.59 Å². The van der Waals surface area contributed by atoms with E-state index in [4.69, 9.17) is 21.1 Å². The third-order valence-corrected chi connectivity index (χ3v) is 6.69. The van der Waals surface area contributed by atoms with E-state index in [1.54, 1.807) is 31.3 Å². The molecule has 1 atom stereocenters. The van der Waals surface area contributed by atoms with Crippen molar-refractivity contribution in [3.05, 3.63) is 94.5 Å². The molecule has 0 aliphatic carbocycles. The minimum atomic E-state index is -0.650. The minimum absolute atomic E-state index is 0.0960. The van der Waals surface area contributed by atoms with E-state index in [9.17, 15) is 9.59 Å². The number of methoxy groups -OCH3 is 2. The molecule has 202 valence electrons. The van der Waals surface area contributed by atoms with Gasteiger partial charge in [0.25, 0.3) is 0 Å². The van der Waals surface area contributed by atoms with E-state index >= 15 is 0 Å². The van der Waals surface area contributed by atoms with Crippen molar-refractivity contribution in [3.8, 4) is 11.5 Å². The number of hydrogen-bond acceptors (Lipinski definition) is 4. The first kappa shape index (κ1) is 29.1. The van der Waals surface area contributed by atoms with E-state index in [1.807, 2.05) is 60.7 Å². The zero-order valence-electron chi connectivity index (χ0n) is 22.4. The number of halogens is 1. The van der Waals surface area contributed by atoms with Crippen molar-refractivity contribution >= 4 is 23.4 Å². The van der Waals surface area contributed by atoms with Crippen molar-refractivity contribution < 1.29 is 19.1 Å². The van der Waals surface area contributed by atoms with Crippen LogP contribution in [-0.4, -0.2) is 43.5 Å². The largest absolute Gasteiger partial charge is 0.493 e. The monoisotopic (exact) mass is 536 g/mol. The predicted octanol–water partition coefficient (Wildman–Crippen LogP) is 5.85. The van der Waals surface area contributed by atoms with E-state index in [2.05, 4.69) is 12.2 Å². The smallest absolute Gasteiger partial charge is 0.243 e. The highest BCUT2D eigenvalue weighted by Crippen LogP contribution is 2.28. The fourth-order valence-corrected chi connectivity index (χ4v) is 4.40. The van der Waals surface area contributed by atoms with Crippen molar-refractivity contribution in [2.75, 3.05) is 20.8 Å². The van der Waals surface area contributed by atoms with Gasteiger partial charge in [-0.25, -0.2) is 0 Å². The molecule has 0 saturated heterocycles. The van der Waals surface area contributed by atoms with E-state index in [-0.39, 0.29) is 18.2 Å². The lowest BCUT2D eigenvalue weighted by molar-refractivity contribution is -0.141. The van der Waals surface area contributed by atoms with Crippen molar-refractivity contribution in [2.24, 2.45) is 0 Å². The number of benzene rings is 3. The van der Waals surface area contributed by atoms with Crippen LogP contribution >= 0.6 is 11.6 Å². The third-order valence-electron chi connectivity index (χ3n) is 6.44. The maximum Gasteiger partial charge on any atom is 0.243 e. The van der Waals surface area contributed by atoms with E-state index in [0.29, 0.717) is 42.5 Å². The van der Waals surface area contributed by atoms with Crippen LogP contribution in [0.2, 0.25) is 5.02 Å². The van der Waals surface area contributed by atoms with Crippen LogP contribution < -0.4 is 14.8 Å². The predicted molar refractivity (Wildman–Crippen MR) is 152 cm³/mol. The van der Waals surface area contributed by atoms with Crippen molar-refractivity contribution in [1.82, 2.24) is 10.2 Å². The second-order valence-corrected chi connectivity index (χ2v) is 9.62. The molecule has 0 bridgehead atoms. The lowest BCUT2D eigenvalue weighted by Crippen LogP contribution is -2.50. The van der Waals surface area contributed by atoms with Crippen LogP contribution in [0, 0.1) is 0 Å². The highest BCUT2D eigenvalue weighted by Gasteiger charge is 2.30. The molecule has 0 heterocycles. The Morgan fingerprint density at radius 3 is 2.24 bits per heavy atom. The van der Waals surface area contributed by atoms with Crippen LogP contribution in [0.1, 0.15) is 42.9 Å². The SMILES string of the molecule is CCCCNC(=O)C(Cc1ccccc1)N(Cc1ccc(Cl)cc1)C(=O)CCc1ccc(OC)c(OC)c1. The topological polar surface area (TPSA) is 67.9 Å². The molecule has 3 aromatic carbocycles. The number of aryl methyl sites for hydroxylation is 1. The average molecular weight is 537 g/mol. The molecular weight excluding hydrogens is 500 g/mol. The Labute approximate surface area is 230 Å². The molecule has 0 saturated carbocycles. The Kier molecular flexibility index (Phi) is 11.5. The number of carbonyl (C=O) groups is 2. The molecule has 0 aliphatic heterocycles. The van der Waals surface area contributed by atoms with Crippen LogP contribution in [0.3, 0.4) is 0 Å². The molecule has 2 amide bonds. The summed E-state index contributed by atoms with van der Waals surface area (Å²) in [6, 6.07) is 22.2. The Bertz CT molecular complexity index is 1170. The Morgan fingerprint density at radius 1 is 0.895 bits per heavy atom. The standard InChI is InChI=1S/C31H37ClN2O4/c1-4-5-19-33-31(36)27(20-23-9-7-6-8-10-23)34(22-25-11-15-26(32)16-12-25)30(35)18-14-24-13-17-28(37-2)29(21-24)38-3/h6-13,15-17,21,27H,4-5,14,18-20,22H2,1-3H3,(H,33,36). The van der Waals surface area contributed by atoms with Gasteiger partial charge in [-0.2, -0.15) is 0 Å². The Balaban J connectivity index is 1.88. The fraction of sp³-hybridized carbons (Fsp3) is 0.355. The summed E-state index contributed by atoms with van der Waals surface area (Å²) in [5.74, 6) is 1.02. The minimum Gasteiger partial charge on any atom is -0.493 e. The van der Waals surface area contributed by atoms with Gasteiger partial charge in [0.1, 0.15) is 6.04 Å². The van der Waals surface area contributed by atoms with Crippen LogP contribution in [0.15, 0.2) is 72.8 Å². The summed E-state index contributed by atoms with van der Waals surface area (Å²) in [7, 11) is 3.18. The van der Waals surface area contributed by atoms with Gasteiger partial charge in [-0.05, 0) is 53.8 Å². The molecule has 1 N–H and O–H groups in total. The van der Waals surface area contributed by atoms with Crippen molar-refractivity contribution in [1.29, 1.82) is 0 Å². The van der Waals surface area contributed by atoms with E-state index in [1.165, 1.54) is 0 Å². The fourth-order valence-electron chi connectivity index (χ4n) is 4.28. The van der Waals surface area contributed by atoms with Crippen LogP contribution in [0.5, 0.6) is 11.5 Å². The summed E-state index contributed by atoms with van der Waals surface area (Å²) in [5, 5.41) is 3.67. The zero-order valence-corrected chi connectivity index (χ0v) is 23.2. The van der Waals surface area contributed by atoms with Gasteiger partial charge < -0.3 is 19.7 Å². The lowest BCUT2D eigenvalue weighted by Gasteiger charge is -2.32. The molecular formula is C31H37ClN2O4. The number of hydrogen-bond donors (Lipinski definition) is 1. The zero-order chi connectivity index (χ0) is 27.3. The molecule has 0 radical (unpaired) electrons. The molecule has 38 heavy (non-hydrogen) atoms. The number of rotatable bonds is 14. The van der Waals surface area contributed by atoms with Gasteiger partial charge in [-0.15, -0.1) is 0 Å². The normalized spacial score (nSPS) is 11.5. The van der Waals surface area contributed by atoms with Gasteiger partial charge >= 0.3 is 0 Å². The quantitative estimate of drug-likeness (QED) is 0.263. The van der Waals surface area contributed by atoms with Crippen LogP contribution in [0.4, 0.5) is 0 Å². The Hall–Kier alpha value is -3.51. The highest BCUT2D eigenvalue weighted by atomic mass is 35.5. The number of unbranched alkanes of at least 4 members (excludes halogenated alkanes) is 1. The molecule has 0 fully saturated rings. The maximum atomic E-state index is 13.8. The second kappa shape index (κ2) is 15.0. The lowest BCUT2D eigenvalue weighted by atomic mass is 10.0. The number of nitrogens with one attached hydrogen (secondary N) is 1. The molecule has 3 aromatic rings. The second-order valence-electron chi connectivity index (χ2n) is 9.19. The number of ether oxygens (including phenoxy) is 2. The van der Waals surface area contributed by atoms with Crippen molar-refractivity contribution in [2.45, 2.75) is 51.6 Å². The van der Waals surface area contributed by atoms with E-state index < -0.39 is 6.04 Å². The van der Waals surface area contributed by atoms with Gasteiger partial charge in [0, 0.05) is 31.0 Å². The maximum absolute atomic E-state index is 13.8. The molecule has 3 rings (SSSR count). The van der Waals surface area contributed by atoms with Gasteiger partial charge in [0.2, 0.25) is 11.8 Å². The highest BCUT2D eigenvalue weighted by molar-refractivity contribution is 6.30. The molecule has 6 nitrogen and oxygen atoms in total. The number of amides is 2. The summed E-state index contributed by atoms with van der Waals surface area (Å²) in [6.45, 7) is 2.97. The Morgan fingerprint density at radius 2 is 1.58 bits per heavy atom. The first-order valence-corrected chi connectivity index (χ1v) is 13.4. The summed E-state index contributed by atoms with van der Waals surface area (Å²) in [5.41, 5.74) is 2.86. The van der Waals surface area contributed by atoms with Gasteiger partial charge in [0.05, 0.1) is 14.2 Å². The molecule has 7 heteroatoms. The third kappa shape index (κ3) is 8.52. The first-order valence-electron chi connectivity index (χ1n) is 13.0. The average Bonchev–Trinajstić information content (AvgIpc) is 2.95. The number of carbonyl (C=O) groups excluding carboxylic acids is 2. The molecule has 0 aliphatic rings. The van der Waals surface area contributed by atoms with E-state index in [0.717, 1.165) is 29.5 Å². The summed E-state index contributed by atoms with van der Waals surface area (Å²) in [6.07, 6.45) is 3.04. The summed E-state index contributed by atoms with van der Waals surface area (Å²) in [4.78, 5) is 29.0. The number of nitrogens with zero attached hydrogens (tertiary/aromatic N) is 1. The molecule has 0 aromatic heterocycles. The molecule has 0 spiro atoms. The van der Waals surface area contributed by atoms with Crippen LogP contribution in [-0.2, 0) is 29.0 Å². The van der Waals surface area contributed by atoms with Crippen molar-refractivity contribution in [3.63, 3.8) is 0 Å². The van der Waals surface area contributed by atoms with Gasteiger partial charge in [-0.1, -0.05) is 73.5 Å².